The summed E-state index contributed by atoms with van der Waals surface area (Å²) in [4.78, 5) is 6.73. The van der Waals surface area contributed by atoms with Gasteiger partial charge in [0.25, 0.3) is 0 Å². The molecule has 0 aliphatic rings. The summed E-state index contributed by atoms with van der Waals surface area (Å²) in [6.07, 6.45) is 0. The van der Waals surface area contributed by atoms with Crippen molar-refractivity contribution in [1.29, 1.82) is 0 Å². The van der Waals surface area contributed by atoms with Crippen LogP contribution in [0.2, 0.25) is 0 Å². The summed E-state index contributed by atoms with van der Waals surface area (Å²) in [6.45, 7) is 13.9. The van der Waals surface area contributed by atoms with Crippen LogP contribution in [0.4, 0.5) is 11.4 Å². The molecule has 0 bridgehead atoms. The minimum atomic E-state index is 0.613. The van der Waals surface area contributed by atoms with Crippen molar-refractivity contribution in [1.82, 2.24) is 0 Å². The van der Waals surface area contributed by atoms with Crippen molar-refractivity contribution in [3.05, 3.63) is 118 Å². The van der Waals surface area contributed by atoms with Gasteiger partial charge in [-0.15, -0.1) is 0 Å². The third-order valence-electron chi connectivity index (χ3n) is 3.58. The fourth-order valence-corrected chi connectivity index (χ4v) is 2.16. The molecule has 0 aliphatic heterocycles. The summed E-state index contributed by atoms with van der Waals surface area (Å²) >= 11 is 0. The van der Waals surface area contributed by atoms with Gasteiger partial charge < -0.3 is 0 Å². The summed E-state index contributed by atoms with van der Waals surface area (Å²) in [5, 5.41) is 0. The first-order valence-electron chi connectivity index (χ1n) is 7.86. The second kappa shape index (κ2) is 8.04. The molecule has 0 amide bonds. The standard InChI is InChI=1S/C24H12N2/c1-25-23-15-11-21(12-16-23)9-7-19-3-5-20(6-4-19)8-10-22-13-17-24(26-2)18-14-22/h3-6,11-18H. The Kier molecular flexibility index (Phi) is 5.13. The molecule has 0 N–H and O–H groups in total. The maximum absolute atomic E-state index is 6.94. The van der Waals surface area contributed by atoms with Gasteiger partial charge in [0, 0.05) is 22.3 Å². The van der Waals surface area contributed by atoms with Crippen LogP contribution in [0.5, 0.6) is 0 Å². The summed E-state index contributed by atoms with van der Waals surface area (Å²) in [5.41, 5.74) is 4.80. The average molecular weight is 328 g/mol. The Morgan fingerprint density at radius 3 is 0.885 bits per heavy atom. The first-order valence-corrected chi connectivity index (χ1v) is 7.86. The molecule has 26 heavy (non-hydrogen) atoms. The molecule has 2 nitrogen and oxygen atoms in total. The van der Waals surface area contributed by atoms with Gasteiger partial charge in [-0.3, -0.25) is 0 Å². The topological polar surface area (TPSA) is 8.72 Å². The molecule has 0 saturated heterocycles. The van der Waals surface area contributed by atoms with E-state index in [-0.39, 0.29) is 0 Å². The number of benzene rings is 3. The third-order valence-corrected chi connectivity index (χ3v) is 3.58. The second-order valence-corrected chi connectivity index (χ2v) is 5.39. The Hall–Kier alpha value is -4.24. The molecule has 0 heterocycles. The highest BCUT2D eigenvalue weighted by atomic mass is 14.6. The monoisotopic (exact) mass is 328 g/mol. The molecular weight excluding hydrogens is 316 g/mol. The zero-order valence-electron chi connectivity index (χ0n) is 13.8. The number of hydrogen-bond acceptors (Lipinski definition) is 0. The van der Waals surface area contributed by atoms with Crippen molar-refractivity contribution in [2.75, 3.05) is 0 Å². The van der Waals surface area contributed by atoms with Crippen molar-refractivity contribution in [3.8, 4) is 23.7 Å². The third kappa shape index (κ3) is 4.40. The van der Waals surface area contributed by atoms with Gasteiger partial charge in [0.15, 0.2) is 11.4 Å². The van der Waals surface area contributed by atoms with Crippen LogP contribution < -0.4 is 0 Å². The van der Waals surface area contributed by atoms with Crippen LogP contribution in [0.25, 0.3) is 9.69 Å². The van der Waals surface area contributed by atoms with Crippen LogP contribution in [-0.2, 0) is 0 Å². The molecule has 118 valence electrons. The Labute approximate surface area is 153 Å². The minimum absolute atomic E-state index is 0.613. The van der Waals surface area contributed by atoms with E-state index in [0.29, 0.717) is 11.4 Å². The minimum Gasteiger partial charge on any atom is -0.238 e. The van der Waals surface area contributed by atoms with E-state index in [0.717, 1.165) is 22.3 Å². The summed E-state index contributed by atoms with van der Waals surface area (Å²) in [7, 11) is 0. The van der Waals surface area contributed by atoms with Crippen molar-refractivity contribution in [2.45, 2.75) is 0 Å². The van der Waals surface area contributed by atoms with Gasteiger partial charge >= 0.3 is 0 Å². The highest BCUT2D eigenvalue weighted by Crippen LogP contribution is 2.13. The molecular formula is C24H12N2. The molecule has 3 aromatic carbocycles. The van der Waals surface area contributed by atoms with Gasteiger partial charge in [-0.25, -0.2) is 9.69 Å². The van der Waals surface area contributed by atoms with E-state index in [1.165, 1.54) is 0 Å². The average Bonchev–Trinajstić information content (AvgIpc) is 2.72. The van der Waals surface area contributed by atoms with E-state index in [1.54, 1.807) is 24.3 Å². The highest BCUT2D eigenvalue weighted by Gasteiger charge is 1.92. The molecule has 0 saturated carbocycles. The van der Waals surface area contributed by atoms with Crippen molar-refractivity contribution in [2.24, 2.45) is 0 Å². The largest absolute Gasteiger partial charge is 0.238 e. The lowest BCUT2D eigenvalue weighted by Gasteiger charge is -1.93. The first kappa shape index (κ1) is 16.6. The first-order chi connectivity index (χ1) is 12.8. The highest BCUT2D eigenvalue weighted by molar-refractivity contribution is 5.53. The van der Waals surface area contributed by atoms with Crippen molar-refractivity contribution >= 4 is 11.4 Å². The van der Waals surface area contributed by atoms with Crippen LogP contribution in [-0.4, -0.2) is 0 Å². The lowest BCUT2D eigenvalue weighted by molar-refractivity contribution is 1.59. The zero-order chi connectivity index (χ0) is 18.2. The van der Waals surface area contributed by atoms with Crippen LogP contribution in [0, 0.1) is 36.8 Å². The Balaban J connectivity index is 1.71. The summed E-state index contributed by atoms with van der Waals surface area (Å²) in [5.74, 6) is 12.4. The predicted molar refractivity (Wildman–Crippen MR) is 104 cm³/mol. The SMILES string of the molecule is [C-]#[N+]c1ccc(C#Cc2ccc(C#Cc3ccc([N+]#[C-])cc3)cc2)cc1. The van der Waals surface area contributed by atoms with Crippen LogP contribution in [0.15, 0.2) is 72.8 Å². The molecule has 0 unspecified atom stereocenters. The molecule has 2 heteroatoms. The normalized spacial score (nSPS) is 8.85. The van der Waals surface area contributed by atoms with Crippen molar-refractivity contribution in [3.63, 3.8) is 0 Å². The fourth-order valence-electron chi connectivity index (χ4n) is 2.16. The van der Waals surface area contributed by atoms with Crippen LogP contribution >= 0.6 is 0 Å². The van der Waals surface area contributed by atoms with Gasteiger partial charge in [-0.05, 0) is 24.3 Å². The lowest BCUT2D eigenvalue weighted by atomic mass is 10.1. The van der Waals surface area contributed by atoms with E-state index in [1.807, 2.05) is 48.5 Å². The molecule has 0 spiro atoms. The van der Waals surface area contributed by atoms with Gasteiger partial charge in [0.05, 0.1) is 13.1 Å². The Bertz CT molecular complexity index is 1020. The Morgan fingerprint density at radius 2 is 0.654 bits per heavy atom. The molecule has 0 aliphatic carbocycles. The molecule has 0 radical (unpaired) electrons. The summed E-state index contributed by atoms with van der Waals surface area (Å²) in [6, 6.07) is 22.2. The molecule has 0 atom stereocenters. The van der Waals surface area contributed by atoms with Gasteiger partial charge in [-0.2, -0.15) is 0 Å². The van der Waals surface area contributed by atoms with Gasteiger partial charge in [-0.1, -0.05) is 72.2 Å². The summed E-state index contributed by atoms with van der Waals surface area (Å²) < 4.78 is 0. The lowest BCUT2D eigenvalue weighted by Crippen LogP contribution is -1.79. The smallest absolute Gasteiger partial charge is 0.187 e. The maximum atomic E-state index is 6.94. The molecule has 0 aromatic heterocycles. The quantitative estimate of drug-likeness (QED) is 0.376. The van der Waals surface area contributed by atoms with Crippen LogP contribution in [0.3, 0.4) is 0 Å². The number of rotatable bonds is 0. The van der Waals surface area contributed by atoms with Gasteiger partial charge in [0.1, 0.15) is 0 Å². The number of hydrogen-bond donors (Lipinski definition) is 0. The zero-order valence-corrected chi connectivity index (χ0v) is 13.8. The molecule has 3 rings (SSSR count). The number of nitrogens with zero attached hydrogens (tertiary/aromatic N) is 2. The van der Waals surface area contributed by atoms with Gasteiger partial charge in [0.2, 0.25) is 0 Å². The van der Waals surface area contributed by atoms with Crippen molar-refractivity contribution < 1.29 is 0 Å². The molecule has 3 aromatic rings. The fraction of sp³-hybridized carbons (Fsp3) is 0. The van der Waals surface area contributed by atoms with E-state index in [2.05, 4.69) is 33.4 Å². The van der Waals surface area contributed by atoms with E-state index >= 15 is 0 Å². The Morgan fingerprint density at radius 1 is 0.423 bits per heavy atom. The van der Waals surface area contributed by atoms with E-state index in [4.69, 9.17) is 13.1 Å². The predicted octanol–water partition coefficient (Wildman–Crippen LogP) is 5.59. The maximum Gasteiger partial charge on any atom is 0.187 e. The second-order valence-electron chi connectivity index (χ2n) is 5.39. The van der Waals surface area contributed by atoms with E-state index < -0.39 is 0 Å². The molecule has 0 fully saturated rings. The van der Waals surface area contributed by atoms with Crippen LogP contribution in [0.1, 0.15) is 22.3 Å². The van der Waals surface area contributed by atoms with E-state index in [9.17, 15) is 0 Å².